The Morgan fingerprint density at radius 1 is 0.938 bits per heavy atom. The summed E-state index contributed by atoms with van der Waals surface area (Å²) in [6.45, 7) is 0. The van der Waals surface area contributed by atoms with E-state index in [0.29, 0.717) is 22.9 Å². The van der Waals surface area contributed by atoms with Crippen molar-refractivity contribution in [2.24, 2.45) is 7.05 Å². The van der Waals surface area contributed by atoms with E-state index in [4.69, 9.17) is 14.5 Å². The summed E-state index contributed by atoms with van der Waals surface area (Å²) in [5.41, 5.74) is 4.57. The molecule has 0 bridgehead atoms. The van der Waals surface area contributed by atoms with Crippen LogP contribution < -0.4 is 20.1 Å². The fourth-order valence-electron chi connectivity index (χ4n) is 3.63. The highest BCUT2D eigenvalue weighted by atomic mass is 16.5. The van der Waals surface area contributed by atoms with Gasteiger partial charge < -0.3 is 24.7 Å². The van der Waals surface area contributed by atoms with Gasteiger partial charge in [0.25, 0.3) is 0 Å². The van der Waals surface area contributed by atoms with Gasteiger partial charge in [-0.2, -0.15) is 0 Å². The fraction of sp³-hybridized carbons (Fsp3) is 0.200. The van der Waals surface area contributed by atoms with Crippen molar-refractivity contribution in [2.45, 2.75) is 12.8 Å². The van der Waals surface area contributed by atoms with Crippen LogP contribution in [0.15, 0.2) is 66.7 Å². The second-order valence-corrected chi connectivity index (χ2v) is 7.42. The number of ether oxygens (including phenoxy) is 2. The first-order valence-corrected chi connectivity index (χ1v) is 10.4. The number of rotatable bonds is 7. The number of carbonyl (C=O) groups is 1. The molecule has 32 heavy (non-hydrogen) atoms. The van der Waals surface area contributed by atoms with Crippen molar-refractivity contribution in [1.82, 2.24) is 9.55 Å². The minimum Gasteiger partial charge on any atom is -0.497 e. The number of nitrogens with zero attached hydrogens (tertiary/aromatic N) is 2. The molecule has 4 aromatic rings. The van der Waals surface area contributed by atoms with Gasteiger partial charge in [-0.3, -0.25) is 0 Å². The van der Waals surface area contributed by atoms with Crippen molar-refractivity contribution in [3.63, 3.8) is 0 Å². The van der Waals surface area contributed by atoms with E-state index < -0.39 is 0 Å². The van der Waals surface area contributed by atoms with Crippen molar-refractivity contribution in [1.29, 1.82) is 0 Å². The number of para-hydroxylation sites is 2. The first-order valence-electron chi connectivity index (χ1n) is 10.4. The Balaban J connectivity index is 1.36. The average Bonchev–Trinajstić information content (AvgIpc) is 3.14. The quantitative estimate of drug-likeness (QED) is 0.432. The molecule has 3 aromatic carbocycles. The van der Waals surface area contributed by atoms with Gasteiger partial charge in [-0.15, -0.1) is 0 Å². The number of anilines is 2. The summed E-state index contributed by atoms with van der Waals surface area (Å²) < 4.78 is 12.7. The van der Waals surface area contributed by atoms with Gasteiger partial charge in [-0.1, -0.05) is 24.3 Å². The van der Waals surface area contributed by atoms with E-state index in [9.17, 15) is 4.79 Å². The third-order valence-electron chi connectivity index (χ3n) is 5.38. The van der Waals surface area contributed by atoms with Crippen molar-refractivity contribution in [3.8, 4) is 11.5 Å². The summed E-state index contributed by atoms with van der Waals surface area (Å²) in [7, 11) is 5.17. The maximum atomic E-state index is 12.4. The highest BCUT2D eigenvalue weighted by Crippen LogP contribution is 2.29. The van der Waals surface area contributed by atoms with Gasteiger partial charge in [-0.25, -0.2) is 9.78 Å². The Kier molecular flexibility index (Phi) is 6.26. The van der Waals surface area contributed by atoms with Gasteiger partial charge in [0.2, 0.25) is 0 Å². The number of hydrogen-bond acceptors (Lipinski definition) is 4. The molecule has 2 amide bonds. The molecule has 7 nitrogen and oxygen atoms in total. The molecule has 0 atom stereocenters. The van der Waals surface area contributed by atoms with E-state index >= 15 is 0 Å². The minimum atomic E-state index is -0.357. The van der Waals surface area contributed by atoms with Crippen LogP contribution in [0.4, 0.5) is 16.2 Å². The molecule has 0 radical (unpaired) electrons. The second-order valence-electron chi connectivity index (χ2n) is 7.42. The lowest BCUT2D eigenvalue weighted by Gasteiger charge is -2.13. The van der Waals surface area contributed by atoms with Crippen LogP contribution in [-0.2, 0) is 19.9 Å². The summed E-state index contributed by atoms with van der Waals surface area (Å²) in [6.07, 6.45) is 1.71. The van der Waals surface area contributed by atoms with Gasteiger partial charge >= 0.3 is 6.03 Å². The van der Waals surface area contributed by atoms with Crippen molar-refractivity contribution in [3.05, 3.63) is 78.1 Å². The maximum absolute atomic E-state index is 12.4. The Labute approximate surface area is 187 Å². The molecular weight excluding hydrogens is 404 g/mol. The number of benzene rings is 3. The standard InChI is InChI=1S/C25H26N4O3/c1-29-22-7-5-4-6-20(22)27-24(29)15-10-17-8-11-18(12-9-17)26-25(30)28-21-16-19(31-2)13-14-23(21)32-3/h4-9,11-14,16H,10,15H2,1-3H3,(H2,26,28,30). The van der Waals surface area contributed by atoms with E-state index in [1.807, 2.05) is 49.5 Å². The van der Waals surface area contributed by atoms with Crippen LogP contribution in [0.3, 0.4) is 0 Å². The number of urea groups is 1. The number of carbonyl (C=O) groups excluding carboxylic acids is 1. The summed E-state index contributed by atoms with van der Waals surface area (Å²) in [6, 6.07) is 20.8. The van der Waals surface area contributed by atoms with E-state index in [0.717, 1.165) is 29.7 Å². The largest absolute Gasteiger partial charge is 0.497 e. The number of fused-ring (bicyclic) bond motifs is 1. The Morgan fingerprint density at radius 3 is 2.44 bits per heavy atom. The van der Waals surface area contributed by atoms with E-state index in [1.54, 1.807) is 32.4 Å². The van der Waals surface area contributed by atoms with E-state index in [-0.39, 0.29) is 6.03 Å². The lowest BCUT2D eigenvalue weighted by atomic mass is 10.1. The van der Waals surface area contributed by atoms with Crippen LogP contribution in [-0.4, -0.2) is 29.8 Å². The second kappa shape index (κ2) is 9.43. The molecule has 1 heterocycles. The maximum Gasteiger partial charge on any atom is 0.323 e. The Morgan fingerprint density at radius 2 is 1.72 bits per heavy atom. The fourth-order valence-corrected chi connectivity index (χ4v) is 3.63. The van der Waals surface area contributed by atoms with Crippen molar-refractivity contribution >= 4 is 28.4 Å². The summed E-state index contributed by atoms with van der Waals surface area (Å²) in [4.78, 5) is 17.2. The van der Waals surface area contributed by atoms with Crippen LogP contribution >= 0.6 is 0 Å². The molecule has 4 rings (SSSR count). The summed E-state index contributed by atoms with van der Waals surface area (Å²) >= 11 is 0. The van der Waals surface area contributed by atoms with Gasteiger partial charge in [0.15, 0.2) is 0 Å². The lowest BCUT2D eigenvalue weighted by Crippen LogP contribution is -2.19. The molecule has 0 saturated carbocycles. The van der Waals surface area contributed by atoms with Crippen LogP contribution in [0.2, 0.25) is 0 Å². The minimum absolute atomic E-state index is 0.357. The molecule has 0 spiro atoms. The van der Waals surface area contributed by atoms with Crippen LogP contribution in [0.5, 0.6) is 11.5 Å². The molecule has 164 valence electrons. The number of aromatic nitrogens is 2. The molecule has 7 heteroatoms. The Hall–Kier alpha value is -4.00. The van der Waals surface area contributed by atoms with Gasteiger partial charge in [0.1, 0.15) is 17.3 Å². The number of hydrogen-bond donors (Lipinski definition) is 2. The zero-order chi connectivity index (χ0) is 22.5. The number of aryl methyl sites for hydroxylation is 3. The number of nitrogens with one attached hydrogen (secondary N) is 2. The predicted octanol–water partition coefficient (Wildman–Crippen LogP) is 5.02. The normalized spacial score (nSPS) is 10.7. The zero-order valence-electron chi connectivity index (χ0n) is 18.4. The van der Waals surface area contributed by atoms with Crippen LogP contribution in [0, 0.1) is 0 Å². The molecule has 0 fully saturated rings. The van der Waals surface area contributed by atoms with E-state index in [1.165, 1.54) is 5.56 Å². The van der Waals surface area contributed by atoms with Gasteiger partial charge in [0, 0.05) is 25.2 Å². The number of imidazole rings is 1. The SMILES string of the molecule is COc1ccc(OC)c(NC(=O)Nc2ccc(CCc3nc4ccccc4n3C)cc2)c1. The first-order chi connectivity index (χ1) is 15.6. The molecule has 2 N–H and O–H groups in total. The molecule has 0 unspecified atom stereocenters. The summed E-state index contributed by atoms with van der Waals surface area (Å²) in [5, 5.41) is 5.64. The highest BCUT2D eigenvalue weighted by Gasteiger charge is 2.10. The van der Waals surface area contributed by atoms with Crippen LogP contribution in [0.25, 0.3) is 11.0 Å². The molecule has 0 aliphatic heterocycles. The monoisotopic (exact) mass is 430 g/mol. The average molecular weight is 431 g/mol. The van der Waals surface area contributed by atoms with Crippen molar-refractivity contribution in [2.75, 3.05) is 24.9 Å². The summed E-state index contributed by atoms with van der Waals surface area (Å²) in [5.74, 6) is 2.24. The third-order valence-corrected chi connectivity index (χ3v) is 5.38. The topological polar surface area (TPSA) is 77.4 Å². The third kappa shape index (κ3) is 4.67. The van der Waals surface area contributed by atoms with Gasteiger partial charge in [0.05, 0.1) is 30.9 Å². The van der Waals surface area contributed by atoms with E-state index in [2.05, 4.69) is 21.3 Å². The van der Waals surface area contributed by atoms with Gasteiger partial charge in [-0.05, 0) is 48.4 Å². The van der Waals surface area contributed by atoms with Crippen molar-refractivity contribution < 1.29 is 14.3 Å². The number of amides is 2. The zero-order valence-corrected chi connectivity index (χ0v) is 18.4. The first kappa shape index (κ1) is 21.2. The molecule has 0 aliphatic carbocycles. The molecule has 0 aliphatic rings. The lowest BCUT2D eigenvalue weighted by molar-refractivity contribution is 0.262. The molecule has 0 saturated heterocycles. The molecule has 1 aromatic heterocycles. The highest BCUT2D eigenvalue weighted by molar-refractivity contribution is 6.00. The molecular formula is C25H26N4O3. The smallest absolute Gasteiger partial charge is 0.323 e. The Bertz CT molecular complexity index is 1230. The number of methoxy groups -OCH3 is 2. The van der Waals surface area contributed by atoms with Crippen LogP contribution in [0.1, 0.15) is 11.4 Å². The predicted molar refractivity (Wildman–Crippen MR) is 127 cm³/mol.